The van der Waals surface area contributed by atoms with Gasteiger partial charge in [-0.2, -0.15) is 18.4 Å². The Morgan fingerprint density at radius 1 is 1.18 bits per heavy atom. The molecule has 0 aromatic heterocycles. The molecule has 0 heterocycles. The van der Waals surface area contributed by atoms with Crippen LogP contribution < -0.4 is 0 Å². The van der Waals surface area contributed by atoms with E-state index < -0.39 is 12.7 Å². The van der Waals surface area contributed by atoms with Gasteiger partial charge in [-0.05, 0) is 39.8 Å². The van der Waals surface area contributed by atoms with Crippen LogP contribution in [0.1, 0.15) is 40.0 Å². The highest BCUT2D eigenvalue weighted by Crippen LogP contribution is 2.22. The van der Waals surface area contributed by atoms with Gasteiger partial charge in [0, 0.05) is 0 Å². The van der Waals surface area contributed by atoms with E-state index >= 15 is 0 Å². The Bertz CT molecular complexity index is 253. The van der Waals surface area contributed by atoms with Crippen LogP contribution in [0.2, 0.25) is 0 Å². The smallest absolute Gasteiger partial charge is 0.295 e. The molecule has 0 fully saturated rings. The van der Waals surface area contributed by atoms with Crippen LogP contribution in [0.3, 0.4) is 0 Å². The Kier molecular flexibility index (Phi) is 6.54. The van der Waals surface area contributed by atoms with Crippen LogP contribution in [0.5, 0.6) is 0 Å². The van der Waals surface area contributed by atoms with E-state index in [1.165, 1.54) is 4.90 Å². The molecule has 17 heavy (non-hydrogen) atoms. The SMILES string of the molecule is CCN(CCCCC(C)(C)C#N)CC(F)(F)F. The van der Waals surface area contributed by atoms with Crippen molar-refractivity contribution in [1.82, 2.24) is 4.90 Å². The maximum atomic E-state index is 12.2. The average molecular weight is 250 g/mol. The van der Waals surface area contributed by atoms with Gasteiger partial charge in [-0.25, -0.2) is 0 Å². The number of nitrogens with zero attached hydrogens (tertiary/aromatic N) is 2. The molecule has 0 bridgehead atoms. The minimum atomic E-state index is -4.12. The number of alkyl halides is 3. The third-order valence-corrected chi connectivity index (χ3v) is 2.68. The Hall–Kier alpha value is -0.760. The predicted molar refractivity (Wildman–Crippen MR) is 61.4 cm³/mol. The van der Waals surface area contributed by atoms with Gasteiger partial charge in [0.25, 0.3) is 0 Å². The van der Waals surface area contributed by atoms with Crippen molar-refractivity contribution in [3.8, 4) is 6.07 Å². The second-order valence-corrected chi connectivity index (χ2v) is 4.94. The van der Waals surface area contributed by atoms with E-state index in [0.717, 1.165) is 12.8 Å². The van der Waals surface area contributed by atoms with Gasteiger partial charge in [-0.3, -0.25) is 4.90 Å². The molecule has 0 spiro atoms. The molecule has 0 saturated carbocycles. The van der Waals surface area contributed by atoms with Crippen molar-refractivity contribution < 1.29 is 13.2 Å². The van der Waals surface area contributed by atoms with Crippen LogP contribution in [0.15, 0.2) is 0 Å². The molecule has 0 aliphatic heterocycles. The number of nitriles is 1. The van der Waals surface area contributed by atoms with Gasteiger partial charge < -0.3 is 0 Å². The standard InChI is InChI=1S/C12H21F3N2/c1-4-17(10-12(13,14)15)8-6-5-7-11(2,3)9-16/h4-8,10H2,1-3H3. The summed E-state index contributed by atoms with van der Waals surface area (Å²) in [7, 11) is 0. The molecule has 100 valence electrons. The van der Waals surface area contributed by atoms with E-state index in [0.29, 0.717) is 19.5 Å². The van der Waals surface area contributed by atoms with Crippen LogP contribution in [0.4, 0.5) is 13.2 Å². The van der Waals surface area contributed by atoms with Gasteiger partial charge in [-0.1, -0.05) is 13.3 Å². The maximum Gasteiger partial charge on any atom is 0.401 e. The van der Waals surface area contributed by atoms with Gasteiger partial charge >= 0.3 is 6.18 Å². The Balaban J connectivity index is 3.83. The van der Waals surface area contributed by atoms with E-state index in [9.17, 15) is 13.2 Å². The fourth-order valence-corrected chi connectivity index (χ4v) is 1.56. The molecule has 0 atom stereocenters. The van der Waals surface area contributed by atoms with E-state index in [2.05, 4.69) is 6.07 Å². The zero-order valence-corrected chi connectivity index (χ0v) is 10.8. The second kappa shape index (κ2) is 6.85. The largest absolute Gasteiger partial charge is 0.401 e. The summed E-state index contributed by atoms with van der Waals surface area (Å²) < 4.78 is 36.5. The molecule has 0 aliphatic carbocycles. The van der Waals surface area contributed by atoms with Crippen molar-refractivity contribution in [3.05, 3.63) is 0 Å². The number of rotatable bonds is 7. The molecule has 5 heteroatoms. The molecule has 2 nitrogen and oxygen atoms in total. The number of halogens is 3. The van der Waals surface area contributed by atoms with Crippen molar-refractivity contribution in [2.75, 3.05) is 19.6 Å². The van der Waals surface area contributed by atoms with Gasteiger partial charge in [0.2, 0.25) is 0 Å². The minimum absolute atomic E-state index is 0.374. The summed E-state index contributed by atoms with van der Waals surface area (Å²) in [5, 5.41) is 8.79. The highest BCUT2D eigenvalue weighted by atomic mass is 19.4. The summed E-state index contributed by atoms with van der Waals surface area (Å²) in [5.41, 5.74) is -0.374. The van der Waals surface area contributed by atoms with Crippen molar-refractivity contribution >= 4 is 0 Å². The minimum Gasteiger partial charge on any atom is -0.295 e. The molecule has 0 radical (unpaired) electrons. The molecule has 0 aromatic rings. The maximum absolute atomic E-state index is 12.2. The molecular formula is C12H21F3N2. The molecule has 0 rings (SSSR count). The predicted octanol–water partition coefficient (Wildman–Crippen LogP) is 3.59. The lowest BCUT2D eigenvalue weighted by molar-refractivity contribution is -0.145. The van der Waals surface area contributed by atoms with Gasteiger partial charge in [0.1, 0.15) is 0 Å². The fourth-order valence-electron chi connectivity index (χ4n) is 1.56. The first kappa shape index (κ1) is 16.2. The lowest BCUT2D eigenvalue weighted by atomic mass is 9.89. The summed E-state index contributed by atoms with van der Waals surface area (Å²) in [5.74, 6) is 0. The van der Waals surface area contributed by atoms with Gasteiger partial charge in [0.15, 0.2) is 0 Å². The Morgan fingerprint density at radius 3 is 2.18 bits per heavy atom. The highest BCUT2D eigenvalue weighted by Gasteiger charge is 2.29. The van der Waals surface area contributed by atoms with E-state index in [1.807, 2.05) is 13.8 Å². The molecular weight excluding hydrogens is 229 g/mol. The normalized spacial score (nSPS) is 12.8. The average Bonchev–Trinajstić information content (AvgIpc) is 2.21. The first-order valence-electron chi connectivity index (χ1n) is 5.90. The third-order valence-electron chi connectivity index (χ3n) is 2.68. The highest BCUT2D eigenvalue weighted by molar-refractivity contribution is 4.91. The molecule has 0 N–H and O–H groups in total. The van der Waals surface area contributed by atoms with E-state index in [1.54, 1.807) is 6.92 Å². The summed E-state index contributed by atoms with van der Waals surface area (Å²) in [4.78, 5) is 1.39. The lowest BCUT2D eigenvalue weighted by Crippen LogP contribution is -2.34. The van der Waals surface area contributed by atoms with Gasteiger partial charge in [-0.15, -0.1) is 0 Å². The van der Waals surface area contributed by atoms with Crippen LogP contribution in [-0.4, -0.2) is 30.7 Å². The number of hydrogen-bond donors (Lipinski definition) is 0. The van der Waals surface area contributed by atoms with Crippen molar-refractivity contribution in [2.24, 2.45) is 5.41 Å². The first-order chi connectivity index (χ1) is 7.70. The third kappa shape index (κ3) is 8.99. The van der Waals surface area contributed by atoms with E-state index in [4.69, 9.17) is 5.26 Å². The quantitative estimate of drug-likeness (QED) is 0.646. The fraction of sp³-hybridized carbons (Fsp3) is 0.917. The molecule has 0 saturated heterocycles. The lowest BCUT2D eigenvalue weighted by Gasteiger charge is -2.22. The van der Waals surface area contributed by atoms with Crippen LogP contribution >= 0.6 is 0 Å². The molecule has 0 unspecified atom stereocenters. The summed E-state index contributed by atoms with van der Waals surface area (Å²) in [6, 6.07) is 2.19. The zero-order valence-electron chi connectivity index (χ0n) is 10.8. The van der Waals surface area contributed by atoms with Crippen LogP contribution in [0.25, 0.3) is 0 Å². The van der Waals surface area contributed by atoms with Gasteiger partial charge in [0.05, 0.1) is 18.0 Å². The molecule has 0 aromatic carbocycles. The first-order valence-corrected chi connectivity index (χ1v) is 5.90. The van der Waals surface area contributed by atoms with E-state index in [-0.39, 0.29) is 5.41 Å². The molecule has 0 aliphatic rings. The van der Waals surface area contributed by atoms with Crippen LogP contribution in [0, 0.1) is 16.7 Å². The summed E-state index contributed by atoms with van der Waals surface area (Å²) in [6.45, 7) is 5.43. The number of unbranched alkanes of at least 4 members (excludes halogenated alkanes) is 1. The summed E-state index contributed by atoms with van der Waals surface area (Å²) >= 11 is 0. The molecule has 0 amide bonds. The van der Waals surface area contributed by atoms with Crippen LogP contribution in [-0.2, 0) is 0 Å². The summed E-state index contributed by atoms with van der Waals surface area (Å²) in [6.07, 6.45) is -1.90. The number of hydrogen-bond acceptors (Lipinski definition) is 2. The topological polar surface area (TPSA) is 27.0 Å². The van der Waals surface area contributed by atoms with Crippen molar-refractivity contribution in [3.63, 3.8) is 0 Å². The second-order valence-electron chi connectivity index (χ2n) is 4.94. The zero-order chi connectivity index (χ0) is 13.5. The van der Waals surface area contributed by atoms with Crippen molar-refractivity contribution in [1.29, 1.82) is 5.26 Å². The monoisotopic (exact) mass is 250 g/mol. The van der Waals surface area contributed by atoms with Crippen molar-refractivity contribution in [2.45, 2.75) is 46.2 Å². The Morgan fingerprint density at radius 2 is 1.76 bits per heavy atom. The Labute approximate surface area is 101 Å².